The first-order chi connectivity index (χ1) is 9.47. The average molecular weight is 359 g/mol. The maximum atomic E-state index is 13.5. The molecule has 0 spiro atoms. The Morgan fingerprint density at radius 1 is 1.25 bits per heavy atom. The van der Waals surface area contributed by atoms with Crippen molar-refractivity contribution in [3.05, 3.63) is 63.3 Å². The molecule has 2 nitrogen and oxygen atoms in total. The standard InChI is InChI=1S/C15H14BrClFNO/c1-9(19)15(10-3-2-4-11(17)7-10)20-12-5-6-13(16)14(18)8-12/h2-9,15H,19H2,1H3. The Bertz CT molecular complexity index is 606. The van der Waals surface area contributed by atoms with Gasteiger partial charge < -0.3 is 10.5 Å². The van der Waals surface area contributed by atoms with E-state index in [-0.39, 0.29) is 11.9 Å². The average Bonchev–Trinajstić information content (AvgIpc) is 2.39. The van der Waals surface area contributed by atoms with Crippen molar-refractivity contribution in [3.8, 4) is 5.75 Å². The van der Waals surface area contributed by atoms with Crippen LogP contribution in [0.3, 0.4) is 0 Å². The van der Waals surface area contributed by atoms with Gasteiger partial charge in [0.2, 0.25) is 0 Å². The largest absolute Gasteiger partial charge is 0.484 e. The molecule has 2 atom stereocenters. The van der Waals surface area contributed by atoms with Gasteiger partial charge in [0.15, 0.2) is 0 Å². The highest BCUT2D eigenvalue weighted by Crippen LogP contribution is 2.28. The molecule has 5 heteroatoms. The van der Waals surface area contributed by atoms with Crippen molar-refractivity contribution in [2.75, 3.05) is 0 Å². The van der Waals surface area contributed by atoms with E-state index >= 15 is 0 Å². The molecule has 0 saturated heterocycles. The summed E-state index contributed by atoms with van der Waals surface area (Å²) in [7, 11) is 0. The van der Waals surface area contributed by atoms with Crippen LogP contribution in [0.25, 0.3) is 0 Å². The van der Waals surface area contributed by atoms with Crippen LogP contribution >= 0.6 is 27.5 Å². The summed E-state index contributed by atoms with van der Waals surface area (Å²) >= 11 is 9.09. The van der Waals surface area contributed by atoms with E-state index in [9.17, 15) is 4.39 Å². The Labute approximate surface area is 130 Å². The van der Waals surface area contributed by atoms with Gasteiger partial charge in [0.05, 0.1) is 4.47 Å². The van der Waals surface area contributed by atoms with Crippen LogP contribution in [-0.4, -0.2) is 6.04 Å². The van der Waals surface area contributed by atoms with Crippen LogP contribution < -0.4 is 10.5 Å². The zero-order chi connectivity index (χ0) is 14.7. The molecule has 0 radical (unpaired) electrons. The van der Waals surface area contributed by atoms with Gasteiger partial charge in [-0.25, -0.2) is 4.39 Å². The number of benzene rings is 2. The minimum atomic E-state index is -0.394. The first-order valence-corrected chi connectivity index (χ1v) is 7.27. The molecule has 0 amide bonds. The topological polar surface area (TPSA) is 35.2 Å². The molecule has 0 fully saturated rings. The van der Waals surface area contributed by atoms with Gasteiger partial charge in [0.1, 0.15) is 17.7 Å². The van der Waals surface area contributed by atoms with Gasteiger partial charge in [-0.2, -0.15) is 0 Å². The molecule has 2 aromatic rings. The first kappa shape index (κ1) is 15.3. The second-order valence-corrected chi connectivity index (χ2v) is 5.82. The van der Waals surface area contributed by atoms with Gasteiger partial charge in [-0.1, -0.05) is 23.7 Å². The minimum Gasteiger partial charge on any atom is -0.484 e. The summed E-state index contributed by atoms with van der Waals surface area (Å²) in [5.74, 6) is 0.0463. The summed E-state index contributed by atoms with van der Waals surface area (Å²) < 4.78 is 19.7. The third-order valence-electron chi connectivity index (χ3n) is 2.81. The SMILES string of the molecule is CC(N)C(Oc1ccc(Br)c(F)c1)c1cccc(Cl)c1. The Morgan fingerprint density at radius 2 is 2.00 bits per heavy atom. The summed E-state index contributed by atoms with van der Waals surface area (Å²) in [5, 5.41) is 0.610. The number of nitrogens with two attached hydrogens (primary N) is 1. The Hall–Kier alpha value is -1.10. The van der Waals surface area contributed by atoms with E-state index in [1.54, 1.807) is 24.3 Å². The highest BCUT2D eigenvalue weighted by atomic mass is 79.9. The molecule has 2 aromatic carbocycles. The second-order valence-electron chi connectivity index (χ2n) is 4.53. The Balaban J connectivity index is 2.28. The van der Waals surface area contributed by atoms with Crippen LogP contribution in [0.15, 0.2) is 46.9 Å². The third kappa shape index (κ3) is 3.72. The van der Waals surface area contributed by atoms with Gasteiger partial charge in [-0.05, 0) is 52.7 Å². The van der Waals surface area contributed by atoms with Crippen molar-refractivity contribution < 1.29 is 9.13 Å². The van der Waals surface area contributed by atoms with E-state index in [4.69, 9.17) is 22.1 Å². The lowest BCUT2D eigenvalue weighted by Crippen LogP contribution is -2.29. The van der Waals surface area contributed by atoms with Crippen molar-refractivity contribution in [2.45, 2.75) is 19.1 Å². The number of halogens is 3. The summed E-state index contributed by atoms with van der Waals surface area (Å²) in [5.41, 5.74) is 6.82. The van der Waals surface area contributed by atoms with Crippen molar-refractivity contribution in [1.82, 2.24) is 0 Å². The van der Waals surface area contributed by atoms with E-state index in [1.807, 2.05) is 19.1 Å². The molecule has 2 N–H and O–H groups in total. The van der Waals surface area contributed by atoms with Gasteiger partial charge in [-0.15, -0.1) is 0 Å². The maximum absolute atomic E-state index is 13.5. The molecule has 2 rings (SSSR count). The fourth-order valence-corrected chi connectivity index (χ4v) is 2.30. The van der Waals surface area contributed by atoms with E-state index in [2.05, 4.69) is 15.9 Å². The van der Waals surface area contributed by atoms with Gasteiger partial charge >= 0.3 is 0 Å². The predicted molar refractivity (Wildman–Crippen MR) is 82.6 cm³/mol. The Kier molecular flexibility index (Phi) is 5.02. The van der Waals surface area contributed by atoms with Crippen LogP contribution in [0.5, 0.6) is 5.75 Å². The fourth-order valence-electron chi connectivity index (χ4n) is 1.86. The molecular weight excluding hydrogens is 345 g/mol. The summed E-state index contributed by atoms with van der Waals surface area (Å²) in [6, 6.07) is 11.6. The summed E-state index contributed by atoms with van der Waals surface area (Å²) in [4.78, 5) is 0. The molecular formula is C15H14BrClFNO. The van der Waals surface area contributed by atoms with Crippen molar-refractivity contribution in [1.29, 1.82) is 0 Å². The molecule has 0 heterocycles. The molecule has 0 aromatic heterocycles. The second kappa shape index (κ2) is 6.57. The van der Waals surface area contributed by atoms with Crippen LogP contribution in [0.1, 0.15) is 18.6 Å². The van der Waals surface area contributed by atoms with Crippen molar-refractivity contribution in [3.63, 3.8) is 0 Å². The predicted octanol–water partition coefficient (Wildman–Crippen LogP) is 4.71. The molecule has 0 aliphatic carbocycles. The summed E-state index contributed by atoms with van der Waals surface area (Å²) in [6.07, 6.45) is -0.394. The first-order valence-electron chi connectivity index (χ1n) is 6.10. The summed E-state index contributed by atoms with van der Waals surface area (Å²) in [6.45, 7) is 1.83. The number of ether oxygens (including phenoxy) is 1. The Morgan fingerprint density at radius 3 is 2.60 bits per heavy atom. The maximum Gasteiger partial charge on any atom is 0.141 e. The molecule has 2 unspecified atom stereocenters. The molecule has 20 heavy (non-hydrogen) atoms. The van der Waals surface area contributed by atoms with Gasteiger partial charge in [0, 0.05) is 17.1 Å². The van der Waals surface area contributed by atoms with Crippen molar-refractivity contribution >= 4 is 27.5 Å². The van der Waals surface area contributed by atoms with E-state index in [0.717, 1.165) is 5.56 Å². The molecule has 0 saturated carbocycles. The molecule has 0 bridgehead atoms. The van der Waals surface area contributed by atoms with Gasteiger partial charge in [-0.3, -0.25) is 0 Å². The zero-order valence-corrected chi connectivity index (χ0v) is 13.2. The van der Waals surface area contributed by atoms with Crippen LogP contribution in [0, 0.1) is 5.82 Å². The van der Waals surface area contributed by atoms with Crippen molar-refractivity contribution in [2.24, 2.45) is 5.73 Å². The highest BCUT2D eigenvalue weighted by molar-refractivity contribution is 9.10. The fraction of sp³-hybridized carbons (Fsp3) is 0.200. The highest BCUT2D eigenvalue weighted by Gasteiger charge is 2.19. The minimum absolute atomic E-state index is 0.264. The lowest BCUT2D eigenvalue weighted by Gasteiger charge is -2.23. The van der Waals surface area contributed by atoms with Crippen LogP contribution in [-0.2, 0) is 0 Å². The lowest BCUT2D eigenvalue weighted by molar-refractivity contribution is 0.179. The number of rotatable bonds is 4. The quantitative estimate of drug-likeness (QED) is 0.859. The number of hydrogen-bond donors (Lipinski definition) is 1. The molecule has 106 valence electrons. The lowest BCUT2D eigenvalue weighted by atomic mass is 10.0. The van der Waals surface area contributed by atoms with Gasteiger partial charge in [0.25, 0.3) is 0 Å². The van der Waals surface area contributed by atoms with Crippen LogP contribution in [0.4, 0.5) is 4.39 Å². The molecule has 0 aliphatic heterocycles. The smallest absolute Gasteiger partial charge is 0.141 e. The van der Waals surface area contributed by atoms with E-state index in [0.29, 0.717) is 15.2 Å². The molecule has 0 aliphatic rings. The third-order valence-corrected chi connectivity index (χ3v) is 3.69. The van der Waals surface area contributed by atoms with Crippen LogP contribution in [0.2, 0.25) is 5.02 Å². The monoisotopic (exact) mass is 357 g/mol. The number of hydrogen-bond acceptors (Lipinski definition) is 2. The van der Waals surface area contributed by atoms with E-state index in [1.165, 1.54) is 6.07 Å². The normalized spacial score (nSPS) is 13.8. The zero-order valence-electron chi connectivity index (χ0n) is 10.8. The van der Waals surface area contributed by atoms with E-state index < -0.39 is 6.10 Å².